The van der Waals surface area contributed by atoms with E-state index in [1.165, 1.54) is 140 Å². The first-order valence-corrected chi connectivity index (χ1v) is 39.8. The van der Waals surface area contributed by atoms with Crippen molar-refractivity contribution in [1.29, 1.82) is 0 Å². The third kappa shape index (κ3) is 28.7. The highest BCUT2D eigenvalue weighted by atomic mass is 35.5. The van der Waals surface area contributed by atoms with Crippen LogP contribution in [0.15, 0.2) is 200 Å². The molecule has 8 aromatic rings. The summed E-state index contributed by atoms with van der Waals surface area (Å²) in [6.07, 6.45) is 21.2. The molecule has 0 amide bonds. The third-order valence-electron chi connectivity index (χ3n) is 22.1. The Morgan fingerprint density at radius 3 is 0.990 bits per heavy atom. The maximum atomic E-state index is 6.28. The minimum absolute atomic E-state index is 0.349. The minimum Gasteiger partial charge on any atom is -0.490 e. The number of anilines is 1. The Kier molecular flexibility index (Phi) is 33.7. The van der Waals surface area contributed by atoms with Gasteiger partial charge in [-0.05, 0) is 316 Å². The first kappa shape index (κ1) is 80.0. The SMILES string of the molecule is Cc1cccc(CNCC(C)C2CCC[C@@H](Oc3cccc(C)c3)C2)c1.Cc1cccc(O[C@@H]2CCCC(C(C)CNCc3ccccc3)C2)c1.Cc1cccc(O[C@@H]2CCCC(C(C)CNCc3ccccc3Cl)C2)c1.Cc1cccc(O[C@@H]2CCCC(C(C)CNCc3ccccc3N)C2)c1. The summed E-state index contributed by atoms with van der Waals surface area (Å²) in [7, 11) is 0. The number of rotatable bonds is 28. The molecule has 0 saturated heterocycles. The molecule has 0 radical (unpaired) electrons. The van der Waals surface area contributed by atoms with Crippen LogP contribution in [0.4, 0.5) is 5.69 Å². The summed E-state index contributed by atoms with van der Waals surface area (Å²) in [5.41, 5.74) is 18.4. The number of para-hydroxylation sites is 1. The number of hydrogen-bond donors (Lipinski definition) is 5. The van der Waals surface area contributed by atoms with Gasteiger partial charge in [-0.15, -0.1) is 0 Å². The summed E-state index contributed by atoms with van der Waals surface area (Å²) < 4.78 is 25.1. The Morgan fingerprint density at radius 1 is 0.330 bits per heavy atom. The van der Waals surface area contributed by atoms with Crippen molar-refractivity contribution in [3.05, 3.63) is 255 Å². The fraction of sp³-hybridized carbons (Fsp3) is 0.484. The van der Waals surface area contributed by atoms with Crippen molar-refractivity contribution in [2.45, 2.75) is 216 Å². The maximum Gasteiger partial charge on any atom is 0.119 e. The predicted molar refractivity (Wildman–Crippen MR) is 434 cm³/mol. The number of halogens is 1. The molecule has 8 unspecified atom stereocenters. The van der Waals surface area contributed by atoms with Gasteiger partial charge < -0.3 is 45.9 Å². The largest absolute Gasteiger partial charge is 0.490 e. The fourth-order valence-electron chi connectivity index (χ4n) is 15.9. The third-order valence-corrected chi connectivity index (χ3v) is 22.5. The van der Waals surface area contributed by atoms with Crippen LogP contribution in [0, 0.1) is 82.0 Å². The van der Waals surface area contributed by atoms with Crippen LogP contribution in [0.2, 0.25) is 5.02 Å². The predicted octanol–water partition coefficient (Wildman–Crippen LogP) is 22.0. The average Bonchev–Trinajstić information content (AvgIpc) is 0.926. The van der Waals surface area contributed by atoms with E-state index in [-0.39, 0.29) is 0 Å². The molecule has 0 spiro atoms. The van der Waals surface area contributed by atoms with Gasteiger partial charge >= 0.3 is 0 Å². The zero-order chi connectivity index (χ0) is 72.6. The second-order valence-electron chi connectivity index (χ2n) is 31.1. The molecular formula is C93H126ClN5O4. The first-order chi connectivity index (χ1) is 50.0. The lowest BCUT2D eigenvalue weighted by Crippen LogP contribution is -2.33. The van der Waals surface area contributed by atoms with Crippen molar-refractivity contribution in [3.8, 4) is 23.0 Å². The summed E-state index contributed by atoms with van der Waals surface area (Å²) >= 11 is 6.24. The van der Waals surface area contributed by atoms with Crippen molar-refractivity contribution >= 4 is 17.3 Å². The van der Waals surface area contributed by atoms with Crippen LogP contribution in [0.3, 0.4) is 0 Å². The van der Waals surface area contributed by atoms with E-state index in [0.29, 0.717) is 48.1 Å². The molecule has 4 aliphatic carbocycles. The van der Waals surface area contributed by atoms with Crippen LogP contribution in [-0.4, -0.2) is 50.6 Å². The van der Waals surface area contributed by atoms with Crippen LogP contribution in [0.25, 0.3) is 0 Å². The molecule has 6 N–H and O–H groups in total. The molecule has 103 heavy (non-hydrogen) atoms. The molecule has 12 rings (SSSR count). The number of aryl methyl sites for hydroxylation is 5. The zero-order valence-electron chi connectivity index (χ0n) is 64.0. The van der Waals surface area contributed by atoms with E-state index in [9.17, 15) is 0 Å². The van der Waals surface area contributed by atoms with Crippen molar-refractivity contribution in [3.63, 3.8) is 0 Å². The van der Waals surface area contributed by atoms with Crippen LogP contribution in [0.5, 0.6) is 23.0 Å². The lowest BCUT2D eigenvalue weighted by molar-refractivity contribution is 0.102. The standard InChI is InChI=1S/C24H33NO.C23H30ClNO.C23H32N2O.C23H31NO/c1-18-7-4-9-21(13-18)17-25-16-20(3)22-10-6-12-24(15-22)26-23-11-5-8-19(2)14-23;2*1-17-7-5-10-21(13-17)26-22-11-6-9-19(14-22)18(2)15-25-16-20-8-3-4-12-23(20)24;1-18-8-6-12-22(14-18)25-23-13-7-11-21(15-23)19(2)16-24-17-20-9-4-3-5-10-20/h4-5,7-9,11,13-14,20,22,24-25H,6,10,12,15-17H2,1-3H3;3-5,7-8,10,12-13,18-19,22,25H,6,9,11,14-16H2,1-2H3;3-5,7-8,10,12-13,18-19,22,25H,6,9,11,14-16,24H2,1-2H3;3-6,8-10,12,14,19,21,23-24H,7,11,13,15-17H2,1-2H3/t20?,22?,24-;2*18?,19?,22-;19?,21?,23-/m1111/s1. The van der Waals surface area contributed by atoms with Gasteiger partial charge in [0.15, 0.2) is 0 Å². The van der Waals surface area contributed by atoms with Gasteiger partial charge in [-0.3, -0.25) is 0 Å². The highest BCUT2D eigenvalue weighted by molar-refractivity contribution is 6.31. The minimum atomic E-state index is 0.349. The molecule has 0 aromatic heterocycles. The fourth-order valence-corrected chi connectivity index (χ4v) is 16.1. The molecule has 4 aliphatic rings. The quantitative estimate of drug-likeness (QED) is 0.0306. The highest BCUT2D eigenvalue weighted by Gasteiger charge is 2.31. The van der Waals surface area contributed by atoms with E-state index in [1.54, 1.807) is 0 Å². The molecule has 9 nitrogen and oxygen atoms in total. The van der Waals surface area contributed by atoms with Gasteiger partial charge in [-0.25, -0.2) is 0 Å². The molecule has 0 heterocycles. The van der Waals surface area contributed by atoms with Gasteiger partial charge in [0, 0.05) is 36.9 Å². The number of benzene rings is 8. The van der Waals surface area contributed by atoms with Crippen LogP contribution < -0.4 is 45.9 Å². The Bertz CT molecular complexity index is 3580. The summed E-state index contributed by atoms with van der Waals surface area (Å²) in [5, 5.41) is 15.3. The molecule has 554 valence electrons. The lowest BCUT2D eigenvalue weighted by atomic mass is 9.79. The molecule has 4 saturated carbocycles. The van der Waals surface area contributed by atoms with E-state index in [2.05, 4.69) is 247 Å². The van der Waals surface area contributed by atoms with Gasteiger partial charge in [0.05, 0.1) is 24.4 Å². The number of nitrogen functional groups attached to an aromatic ring is 1. The van der Waals surface area contributed by atoms with E-state index < -0.39 is 0 Å². The molecular weight excluding hydrogens is 1290 g/mol. The second kappa shape index (κ2) is 43.4. The summed E-state index contributed by atoms with van der Waals surface area (Å²) in [6, 6.07) is 69.3. The zero-order valence-corrected chi connectivity index (χ0v) is 64.8. The van der Waals surface area contributed by atoms with E-state index >= 15 is 0 Å². The van der Waals surface area contributed by atoms with Crippen molar-refractivity contribution in [1.82, 2.24) is 21.3 Å². The Hall–Kier alpha value is -7.11. The van der Waals surface area contributed by atoms with Gasteiger partial charge in [0.1, 0.15) is 23.0 Å². The average molecular weight is 1410 g/mol. The van der Waals surface area contributed by atoms with Gasteiger partial charge in [-0.1, -0.05) is 184 Å². The van der Waals surface area contributed by atoms with E-state index in [0.717, 1.165) is 123 Å². The molecule has 4 fully saturated rings. The lowest BCUT2D eigenvalue weighted by Gasteiger charge is -2.33. The summed E-state index contributed by atoms with van der Waals surface area (Å²) in [6.45, 7) is 27.9. The summed E-state index contributed by atoms with van der Waals surface area (Å²) in [4.78, 5) is 0. The number of hydrogen-bond acceptors (Lipinski definition) is 9. The molecule has 0 aliphatic heterocycles. The molecule has 8 aromatic carbocycles. The smallest absolute Gasteiger partial charge is 0.119 e. The molecule has 10 heteroatoms. The van der Waals surface area contributed by atoms with Crippen LogP contribution >= 0.6 is 11.6 Å². The van der Waals surface area contributed by atoms with Crippen molar-refractivity contribution in [2.75, 3.05) is 31.9 Å². The first-order valence-electron chi connectivity index (χ1n) is 39.5. The molecule has 12 atom stereocenters. The van der Waals surface area contributed by atoms with Crippen molar-refractivity contribution in [2.24, 2.45) is 47.3 Å². The second-order valence-corrected chi connectivity index (χ2v) is 31.5. The van der Waals surface area contributed by atoms with Gasteiger partial charge in [0.25, 0.3) is 0 Å². The monoisotopic (exact) mass is 1410 g/mol. The Labute approximate surface area is 627 Å². The van der Waals surface area contributed by atoms with Gasteiger partial charge in [-0.2, -0.15) is 0 Å². The van der Waals surface area contributed by atoms with Crippen LogP contribution in [0.1, 0.15) is 180 Å². The van der Waals surface area contributed by atoms with E-state index in [4.69, 9.17) is 36.3 Å². The summed E-state index contributed by atoms with van der Waals surface area (Å²) in [5.74, 6) is 9.69. The number of nitrogens with two attached hydrogens (primary N) is 1. The van der Waals surface area contributed by atoms with Crippen molar-refractivity contribution < 1.29 is 18.9 Å². The van der Waals surface area contributed by atoms with E-state index in [1.807, 2.05) is 36.4 Å². The number of nitrogens with one attached hydrogen (secondary N) is 4. The Morgan fingerprint density at radius 2 is 0.631 bits per heavy atom. The Balaban J connectivity index is 0.000000160. The van der Waals surface area contributed by atoms with Gasteiger partial charge in [0.2, 0.25) is 0 Å². The topological polar surface area (TPSA) is 111 Å². The normalized spacial score (nSPS) is 21.4. The maximum absolute atomic E-state index is 6.28. The van der Waals surface area contributed by atoms with Crippen LogP contribution in [-0.2, 0) is 26.2 Å². The number of ether oxygens (including phenoxy) is 4. The highest BCUT2D eigenvalue weighted by Crippen LogP contribution is 2.37. The molecule has 0 bridgehead atoms.